The summed E-state index contributed by atoms with van der Waals surface area (Å²) in [5.41, 5.74) is 6.71. The molecule has 0 aliphatic rings. The lowest BCUT2D eigenvalue weighted by molar-refractivity contribution is -0.684. The second kappa shape index (κ2) is 7.93. The van der Waals surface area contributed by atoms with Gasteiger partial charge in [-0.15, -0.1) is 0 Å². The van der Waals surface area contributed by atoms with Crippen LogP contribution in [0.25, 0.3) is 0 Å². The molecule has 0 spiro atoms. The molecule has 2 aromatic rings. The minimum atomic E-state index is -0.515. The molecule has 0 aliphatic heterocycles. The van der Waals surface area contributed by atoms with Crippen LogP contribution in [0.2, 0.25) is 0 Å². The average molecular weight is 314 g/mol. The summed E-state index contributed by atoms with van der Waals surface area (Å²) < 4.78 is 6.73. The summed E-state index contributed by atoms with van der Waals surface area (Å²) in [4.78, 5) is 23.0. The van der Waals surface area contributed by atoms with Crippen molar-refractivity contribution in [3.63, 3.8) is 0 Å². The van der Waals surface area contributed by atoms with Crippen LogP contribution in [0.15, 0.2) is 48.8 Å². The molecule has 120 valence electrons. The number of carbonyl (C=O) groups excluding carboxylic acids is 2. The predicted octanol–water partition coefficient (Wildman–Crippen LogP) is 0.441. The first-order valence-corrected chi connectivity index (χ1v) is 7.27. The van der Waals surface area contributed by atoms with Crippen LogP contribution in [0.3, 0.4) is 0 Å². The van der Waals surface area contributed by atoms with E-state index in [1.165, 1.54) is 0 Å². The number of nitrogens with zero attached hydrogens (tertiary/aromatic N) is 1. The first kappa shape index (κ1) is 16.5. The molecule has 3 N–H and O–H groups in total. The van der Waals surface area contributed by atoms with Gasteiger partial charge in [-0.05, 0) is 30.2 Å². The summed E-state index contributed by atoms with van der Waals surface area (Å²) in [7, 11) is 1.63. The largest absolute Gasteiger partial charge is 0.497 e. The molecule has 0 unspecified atom stereocenters. The molecule has 1 aromatic carbocycles. The quantitative estimate of drug-likeness (QED) is 0.727. The van der Waals surface area contributed by atoms with Crippen molar-refractivity contribution in [1.82, 2.24) is 5.32 Å². The second-order valence-electron chi connectivity index (χ2n) is 5.08. The predicted molar refractivity (Wildman–Crippen MR) is 84.9 cm³/mol. The number of ether oxygens (including phenoxy) is 1. The molecule has 0 fully saturated rings. The van der Waals surface area contributed by atoms with Crippen LogP contribution in [0, 0.1) is 0 Å². The van der Waals surface area contributed by atoms with E-state index in [1.807, 2.05) is 24.3 Å². The highest BCUT2D eigenvalue weighted by atomic mass is 16.5. The van der Waals surface area contributed by atoms with Gasteiger partial charge in [0, 0.05) is 12.6 Å². The molecule has 0 saturated carbocycles. The van der Waals surface area contributed by atoms with Crippen molar-refractivity contribution in [3.8, 4) is 5.75 Å². The van der Waals surface area contributed by atoms with Crippen molar-refractivity contribution < 1.29 is 18.9 Å². The van der Waals surface area contributed by atoms with Crippen molar-refractivity contribution in [1.29, 1.82) is 0 Å². The zero-order valence-electron chi connectivity index (χ0n) is 13.0. The maximum Gasteiger partial charge on any atom is 0.285 e. The number of aromatic nitrogens is 1. The van der Waals surface area contributed by atoms with Crippen molar-refractivity contribution in [2.45, 2.75) is 13.0 Å². The lowest BCUT2D eigenvalue weighted by Crippen LogP contribution is -2.43. The molecular weight excluding hydrogens is 294 g/mol. The highest BCUT2D eigenvalue weighted by Gasteiger charge is 2.11. The molecule has 0 radical (unpaired) electrons. The van der Waals surface area contributed by atoms with Crippen LogP contribution in [0.1, 0.15) is 15.9 Å². The number of benzene rings is 1. The third-order valence-corrected chi connectivity index (χ3v) is 3.36. The van der Waals surface area contributed by atoms with Gasteiger partial charge < -0.3 is 15.8 Å². The highest BCUT2D eigenvalue weighted by molar-refractivity contribution is 5.92. The van der Waals surface area contributed by atoms with Gasteiger partial charge >= 0.3 is 0 Å². The van der Waals surface area contributed by atoms with Gasteiger partial charge in [0.15, 0.2) is 12.4 Å². The smallest absolute Gasteiger partial charge is 0.285 e. The van der Waals surface area contributed by atoms with Gasteiger partial charge in [-0.2, -0.15) is 4.57 Å². The Morgan fingerprint density at radius 1 is 1.22 bits per heavy atom. The highest BCUT2D eigenvalue weighted by Crippen LogP contribution is 2.11. The zero-order chi connectivity index (χ0) is 16.7. The van der Waals surface area contributed by atoms with Crippen molar-refractivity contribution in [3.05, 3.63) is 59.9 Å². The van der Waals surface area contributed by atoms with Crippen molar-refractivity contribution in [2.24, 2.45) is 5.73 Å². The molecule has 23 heavy (non-hydrogen) atoms. The van der Waals surface area contributed by atoms with Gasteiger partial charge in [-0.25, -0.2) is 0 Å². The van der Waals surface area contributed by atoms with Crippen LogP contribution >= 0.6 is 0 Å². The Labute approximate surface area is 134 Å². The van der Waals surface area contributed by atoms with Gasteiger partial charge in [-0.3, -0.25) is 9.59 Å². The fourth-order valence-corrected chi connectivity index (χ4v) is 2.13. The summed E-state index contributed by atoms with van der Waals surface area (Å²) >= 11 is 0. The lowest BCUT2D eigenvalue weighted by atomic mass is 10.1. The van der Waals surface area contributed by atoms with Gasteiger partial charge in [-0.1, -0.05) is 12.1 Å². The Kier molecular flexibility index (Phi) is 5.68. The van der Waals surface area contributed by atoms with E-state index in [1.54, 1.807) is 36.2 Å². The van der Waals surface area contributed by atoms with E-state index in [2.05, 4.69) is 5.32 Å². The molecular formula is C17H20N3O3+. The second-order valence-corrected chi connectivity index (χ2v) is 5.08. The molecule has 0 saturated heterocycles. The van der Waals surface area contributed by atoms with E-state index in [4.69, 9.17) is 10.5 Å². The number of nitrogens with one attached hydrogen (secondary N) is 1. The number of rotatable bonds is 7. The van der Waals surface area contributed by atoms with Gasteiger partial charge in [0.25, 0.3) is 11.8 Å². The Bertz CT molecular complexity index is 684. The monoisotopic (exact) mass is 314 g/mol. The summed E-state index contributed by atoms with van der Waals surface area (Å²) in [5.74, 6) is 0.174. The number of carbonyl (C=O) groups is 2. The van der Waals surface area contributed by atoms with Crippen molar-refractivity contribution in [2.75, 3.05) is 13.7 Å². The topological polar surface area (TPSA) is 85.3 Å². The Balaban J connectivity index is 1.80. The van der Waals surface area contributed by atoms with Crippen LogP contribution in [-0.2, 0) is 17.8 Å². The molecule has 6 nitrogen and oxygen atoms in total. The van der Waals surface area contributed by atoms with Crippen LogP contribution in [0.4, 0.5) is 0 Å². The number of methoxy groups -OCH3 is 1. The summed E-state index contributed by atoms with van der Waals surface area (Å²) in [6, 6.07) is 11.0. The minimum Gasteiger partial charge on any atom is -0.497 e. The standard InChI is InChI=1S/C17H19N3O3/c1-23-15-6-4-13(5-7-15)8-9-19-16(21)12-20-10-2-3-14(11-20)17(18)22/h2-7,10-11H,8-9,12H2,1H3,(H2-,18,19,21,22)/p+1. The molecule has 1 heterocycles. The van der Waals surface area contributed by atoms with E-state index in [-0.39, 0.29) is 12.5 Å². The summed E-state index contributed by atoms with van der Waals surface area (Å²) in [6.45, 7) is 0.685. The maximum absolute atomic E-state index is 11.9. The number of primary amides is 1. The Morgan fingerprint density at radius 3 is 2.61 bits per heavy atom. The molecule has 1 aromatic heterocycles. The number of hydrogen-bond donors (Lipinski definition) is 2. The van der Waals surface area contributed by atoms with E-state index < -0.39 is 5.91 Å². The zero-order valence-corrected chi connectivity index (χ0v) is 13.0. The Hall–Kier alpha value is -2.89. The number of hydrogen-bond acceptors (Lipinski definition) is 3. The molecule has 0 atom stereocenters. The third-order valence-electron chi connectivity index (χ3n) is 3.36. The lowest BCUT2D eigenvalue weighted by Gasteiger charge is -2.05. The average Bonchev–Trinajstić information content (AvgIpc) is 2.55. The first-order valence-electron chi connectivity index (χ1n) is 7.27. The molecule has 6 heteroatoms. The number of nitrogens with two attached hydrogens (primary N) is 1. The summed E-state index contributed by atoms with van der Waals surface area (Å²) in [6.07, 6.45) is 4.02. The minimum absolute atomic E-state index is 0.120. The molecule has 0 bridgehead atoms. The third kappa shape index (κ3) is 5.10. The molecule has 0 aliphatic carbocycles. The first-order chi connectivity index (χ1) is 11.1. The fraction of sp³-hybridized carbons (Fsp3) is 0.235. The normalized spacial score (nSPS) is 10.1. The SMILES string of the molecule is COc1ccc(CCNC(=O)C[n+]2cccc(C(N)=O)c2)cc1. The van der Waals surface area contributed by atoms with E-state index in [0.29, 0.717) is 12.1 Å². The number of amides is 2. The van der Waals surface area contributed by atoms with Crippen LogP contribution in [0.5, 0.6) is 5.75 Å². The summed E-state index contributed by atoms with van der Waals surface area (Å²) in [5, 5.41) is 2.85. The van der Waals surface area contributed by atoms with Gasteiger partial charge in [0.1, 0.15) is 11.3 Å². The molecule has 2 amide bonds. The van der Waals surface area contributed by atoms with Crippen LogP contribution < -0.4 is 20.4 Å². The Morgan fingerprint density at radius 2 is 1.96 bits per heavy atom. The fourth-order valence-electron chi connectivity index (χ4n) is 2.13. The molecule has 2 rings (SSSR count). The van der Waals surface area contributed by atoms with Crippen LogP contribution in [-0.4, -0.2) is 25.5 Å². The van der Waals surface area contributed by atoms with Gasteiger partial charge in [0.05, 0.1) is 7.11 Å². The number of pyridine rings is 1. The van der Waals surface area contributed by atoms with E-state index in [9.17, 15) is 9.59 Å². The van der Waals surface area contributed by atoms with Gasteiger partial charge in [0.2, 0.25) is 6.54 Å². The van der Waals surface area contributed by atoms with E-state index in [0.717, 1.165) is 17.7 Å². The van der Waals surface area contributed by atoms with Crippen molar-refractivity contribution >= 4 is 11.8 Å². The van der Waals surface area contributed by atoms with E-state index >= 15 is 0 Å². The maximum atomic E-state index is 11.9.